The van der Waals surface area contributed by atoms with Gasteiger partial charge in [-0.2, -0.15) is 0 Å². The Bertz CT molecular complexity index is 574. The van der Waals surface area contributed by atoms with E-state index in [9.17, 15) is 14.9 Å². The molecule has 1 amide bonds. The Balaban J connectivity index is 1.92. The highest BCUT2D eigenvalue weighted by Crippen LogP contribution is 2.21. The minimum absolute atomic E-state index is 0.138. The largest absolute Gasteiger partial charge is 0.343 e. The molecule has 1 fully saturated rings. The van der Waals surface area contributed by atoms with Gasteiger partial charge < -0.3 is 9.80 Å². The molecule has 1 aromatic carbocycles. The fraction of sp³-hybridized carbons (Fsp3) is 0.562. The van der Waals surface area contributed by atoms with Crippen molar-refractivity contribution in [3.05, 3.63) is 39.4 Å². The van der Waals surface area contributed by atoms with Crippen LogP contribution in [0.3, 0.4) is 0 Å². The molecule has 1 aromatic rings. The van der Waals surface area contributed by atoms with Crippen molar-refractivity contribution < 1.29 is 9.72 Å². The van der Waals surface area contributed by atoms with Crippen LogP contribution in [-0.2, 0) is 11.3 Å². The maximum atomic E-state index is 11.4. The van der Waals surface area contributed by atoms with Crippen LogP contribution in [0.25, 0.3) is 0 Å². The van der Waals surface area contributed by atoms with Crippen LogP contribution in [0.1, 0.15) is 24.5 Å². The summed E-state index contributed by atoms with van der Waals surface area (Å²) in [7, 11) is 2.02. The van der Waals surface area contributed by atoms with Crippen LogP contribution in [-0.4, -0.2) is 47.3 Å². The number of aryl methyl sites for hydroxylation is 1. The van der Waals surface area contributed by atoms with Gasteiger partial charge >= 0.3 is 0 Å². The summed E-state index contributed by atoms with van der Waals surface area (Å²) in [6.45, 7) is 6.58. The van der Waals surface area contributed by atoms with E-state index in [1.165, 1.54) is 0 Å². The van der Waals surface area contributed by atoms with E-state index < -0.39 is 0 Å². The number of nitro benzene ring substituents is 1. The van der Waals surface area contributed by atoms with E-state index in [0.29, 0.717) is 18.0 Å². The number of rotatable bonds is 5. The van der Waals surface area contributed by atoms with Crippen molar-refractivity contribution >= 4 is 11.6 Å². The van der Waals surface area contributed by atoms with Crippen LogP contribution in [0, 0.1) is 23.0 Å². The Morgan fingerprint density at radius 1 is 1.50 bits per heavy atom. The Labute approximate surface area is 130 Å². The normalized spacial score (nSPS) is 18.0. The number of carbonyl (C=O) groups excluding carboxylic acids is 1. The molecule has 0 unspecified atom stereocenters. The molecule has 0 bridgehead atoms. The van der Waals surface area contributed by atoms with Crippen LogP contribution in [0.4, 0.5) is 5.69 Å². The van der Waals surface area contributed by atoms with Crippen molar-refractivity contribution in [2.24, 2.45) is 5.92 Å². The zero-order chi connectivity index (χ0) is 16.3. The van der Waals surface area contributed by atoms with Gasteiger partial charge in [-0.05, 0) is 31.9 Å². The molecule has 1 aliphatic heterocycles. The van der Waals surface area contributed by atoms with E-state index in [2.05, 4.69) is 4.90 Å². The van der Waals surface area contributed by atoms with Crippen molar-refractivity contribution in [1.82, 2.24) is 9.80 Å². The number of nitrogens with zero attached hydrogens (tertiary/aromatic N) is 3. The molecule has 1 heterocycles. The number of amides is 1. The van der Waals surface area contributed by atoms with E-state index in [0.717, 1.165) is 31.6 Å². The molecule has 6 nitrogen and oxygen atoms in total. The molecule has 6 heteroatoms. The van der Waals surface area contributed by atoms with Crippen molar-refractivity contribution in [3.8, 4) is 0 Å². The molecule has 1 atom stereocenters. The lowest BCUT2D eigenvalue weighted by molar-refractivity contribution is -0.385. The monoisotopic (exact) mass is 305 g/mol. The minimum atomic E-state index is -0.333. The minimum Gasteiger partial charge on any atom is -0.343 e. The molecule has 120 valence electrons. The first-order chi connectivity index (χ1) is 10.4. The van der Waals surface area contributed by atoms with E-state index in [1.54, 1.807) is 26.0 Å². The van der Waals surface area contributed by atoms with E-state index >= 15 is 0 Å². The molecular formula is C16H23N3O3. The van der Waals surface area contributed by atoms with Crippen LogP contribution in [0.5, 0.6) is 0 Å². The summed E-state index contributed by atoms with van der Waals surface area (Å²) >= 11 is 0. The zero-order valence-electron chi connectivity index (χ0n) is 13.4. The molecule has 2 rings (SSSR count). The summed E-state index contributed by atoms with van der Waals surface area (Å²) < 4.78 is 0. The Hall–Kier alpha value is -1.95. The SMILES string of the molecule is CC(=O)N1CC[C@H](CN(C)Cc2ccc(C)c([N+](=O)[O-])c2)C1. The number of benzene rings is 1. The van der Waals surface area contributed by atoms with Gasteiger partial charge in [0.15, 0.2) is 0 Å². The molecule has 0 N–H and O–H groups in total. The molecule has 0 radical (unpaired) electrons. The van der Waals surface area contributed by atoms with E-state index in [-0.39, 0.29) is 16.5 Å². The molecule has 22 heavy (non-hydrogen) atoms. The smallest absolute Gasteiger partial charge is 0.272 e. The second-order valence-corrected chi connectivity index (χ2v) is 6.19. The van der Waals surface area contributed by atoms with Crippen molar-refractivity contribution in [1.29, 1.82) is 0 Å². The van der Waals surface area contributed by atoms with Gasteiger partial charge in [0.05, 0.1) is 4.92 Å². The topological polar surface area (TPSA) is 66.7 Å². The van der Waals surface area contributed by atoms with E-state index in [1.807, 2.05) is 18.0 Å². The fourth-order valence-electron chi connectivity index (χ4n) is 3.03. The third kappa shape index (κ3) is 4.04. The maximum Gasteiger partial charge on any atom is 0.272 e. The number of nitro groups is 1. The predicted octanol–water partition coefficient (Wildman–Crippen LogP) is 2.20. The summed E-state index contributed by atoms with van der Waals surface area (Å²) in [6, 6.07) is 5.39. The van der Waals surface area contributed by atoms with Gasteiger partial charge in [-0.15, -0.1) is 0 Å². The fourth-order valence-corrected chi connectivity index (χ4v) is 3.03. The number of hydrogen-bond donors (Lipinski definition) is 0. The highest BCUT2D eigenvalue weighted by molar-refractivity contribution is 5.73. The molecule has 1 aliphatic rings. The second kappa shape index (κ2) is 6.87. The summed E-state index contributed by atoms with van der Waals surface area (Å²) in [5.41, 5.74) is 1.81. The number of hydrogen-bond acceptors (Lipinski definition) is 4. The second-order valence-electron chi connectivity index (χ2n) is 6.19. The molecule has 0 saturated carbocycles. The lowest BCUT2D eigenvalue weighted by Crippen LogP contribution is -2.30. The summed E-state index contributed by atoms with van der Waals surface area (Å²) in [6.07, 6.45) is 1.03. The molecular weight excluding hydrogens is 282 g/mol. The summed E-state index contributed by atoms with van der Waals surface area (Å²) in [5, 5.41) is 11.0. The molecule has 1 saturated heterocycles. The predicted molar refractivity (Wildman–Crippen MR) is 84.5 cm³/mol. The highest BCUT2D eigenvalue weighted by Gasteiger charge is 2.25. The summed E-state index contributed by atoms with van der Waals surface area (Å²) in [4.78, 5) is 26.1. The first-order valence-corrected chi connectivity index (χ1v) is 7.54. The summed E-state index contributed by atoms with van der Waals surface area (Å²) in [5.74, 6) is 0.619. The quantitative estimate of drug-likeness (QED) is 0.618. The lowest BCUT2D eigenvalue weighted by atomic mass is 10.1. The third-order valence-corrected chi connectivity index (χ3v) is 4.22. The van der Waals surface area contributed by atoms with Crippen molar-refractivity contribution in [2.75, 3.05) is 26.7 Å². The highest BCUT2D eigenvalue weighted by atomic mass is 16.6. The molecule has 0 spiro atoms. The van der Waals surface area contributed by atoms with Gasteiger partial charge in [0.1, 0.15) is 0 Å². The molecule has 0 aliphatic carbocycles. The van der Waals surface area contributed by atoms with Crippen molar-refractivity contribution in [3.63, 3.8) is 0 Å². The van der Waals surface area contributed by atoms with Gasteiger partial charge in [0.25, 0.3) is 5.69 Å². The Kier molecular flexibility index (Phi) is 5.13. The van der Waals surface area contributed by atoms with Crippen molar-refractivity contribution in [2.45, 2.75) is 26.8 Å². The van der Waals surface area contributed by atoms with Crippen LogP contribution in [0.2, 0.25) is 0 Å². The van der Waals surface area contributed by atoms with Gasteiger partial charge in [-0.3, -0.25) is 14.9 Å². The number of carbonyl (C=O) groups is 1. The van der Waals surface area contributed by atoms with Gasteiger partial charge in [-0.1, -0.05) is 12.1 Å². The number of likely N-dealkylation sites (tertiary alicyclic amines) is 1. The van der Waals surface area contributed by atoms with Crippen LogP contribution >= 0.6 is 0 Å². The Morgan fingerprint density at radius 2 is 2.23 bits per heavy atom. The maximum absolute atomic E-state index is 11.4. The van der Waals surface area contributed by atoms with Crippen LogP contribution < -0.4 is 0 Å². The van der Waals surface area contributed by atoms with Gasteiger partial charge in [0.2, 0.25) is 5.91 Å². The lowest BCUT2D eigenvalue weighted by Gasteiger charge is -2.21. The third-order valence-electron chi connectivity index (χ3n) is 4.22. The average molecular weight is 305 g/mol. The first-order valence-electron chi connectivity index (χ1n) is 7.54. The van der Waals surface area contributed by atoms with Gasteiger partial charge in [0, 0.05) is 44.7 Å². The average Bonchev–Trinajstić information content (AvgIpc) is 2.89. The van der Waals surface area contributed by atoms with Gasteiger partial charge in [-0.25, -0.2) is 0 Å². The standard InChI is InChI=1S/C16H23N3O3/c1-12-4-5-14(8-16(12)19(21)22)9-17(3)10-15-6-7-18(11-15)13(2)20/h4-5,8,15H,6-7,9-11H2,1-3H3/t15-/m1/s1. The van der Waals surface area contributed by atoms with E-state index in [4.69, 9.17) is 0 Å². The molecule has 0 aromatic heterocycles. The van der Waals surface area contributed by atoms with Crippen LogP contribution in [0.15, 0.2) is 18.2 Å². The zero-order valence-corrected chi connectivity index (χ0v) is 13.4. The Morgan fingerprint density at radius 3 is 2.82 bits per heavy atom. The first kappa shape index (κ1) is 16.4.